The molecule has 2 heterocycles. The average Bonchev–Trinajstić information content (AvgIpc) is 3.14. The van der Waals surface area contributed by atoms with E-state index < -0.39 is 12.3 Å². The number of ether oxygens (including phenoxy) is 1. The minimum atomic E-state index is -4.83. The quantitative estimate of drug-likeness (QED) is 0.610. The first-order valence-corrected chi connectivity index (χ1v) is 8.43. The van der Waals surface area contributed by atoms with Crippen molar-refractivity contribution >= 4 is 21.8 Å². The Kier molecular flexibility index (Phi) is 5.50. The van der Waals surface area contributed by atoms with Gasteiger partial charge in [-0.2, -0.15) is 0 Å². The number of nitrogens with one attached hydrogen (secondary N) is 1. The summed E-state index contributed by atoms with van der Waals surface area (Å²) in [6, 6.07) is 10.8. The second kappa shape index (κ2) is 7.83. The molecule has 0 aliphatic rings. The van der Waals surface area contributed by atoms with Crippen molar-refractivity contribution < 1.29 is 27.1 Å². The van der Waals surface area contributed by atoms with Crippen molar-refractivity contribution in [1.29, 1.82) is 0 Å². The third kappa shape index (κ3) is 5.10. The van der Waals surface area contributed by atoms with E-state index in [9.17, 15) is 18.0 Å². The molecule has 0 atom stereocenters. The summed E-state index contributed by atoms with van der Waals surface area (Å²) in [5, 5.41) is 2.55. The van der Waals surface area contributed by atoms with Gasteiger partial charge in [0.05, 0.1) is 11.8 Å². The molecule has 3 aromatic rings. The fraction of sp³-hybridized carbons (Fsp3) is 0.111. The highest BCUT2D eigenvalue weighted by molar-refractivity contribution is 9.10. The molecule has 9 heteroatoms. The van der Waals surface area contributed by atoms with Gasteiger partial charge in [-0.15, -0.1) is 13.2 Å². The van der Waals surface area contributed by atoms with Gasteiger partial charge in [-0.05, 0) is 36.4 Å². The number of carbonyl (C=O) groups is 1. The molecule has 5 nitrogen and oxygen atoms in total. The minimum Gasteiger partial charge on any atom is -0.463 e. The lowest BCUT2D eigenvalue weighted by Crippen LogP contribution is -2.24. The fourth-order valence-corrected chi connectivity index (χ4v) is 2.61. The van der Waals surface area contributed by atoms with Crippen LogP contribution in [0.4, 0.5) is 13.2 Å². The molecule has 0 fully saturated rings. The molecule has 2 aromatic heterocycles. The average molecular weight is 441 g/mol. The molecule has 140 valence electrons. The number of halogens is 4. The van der Waals surface area contributed by atoms with E-state index in [1.807, 2.05) is 0 Å². The standard InChI is InChI=1S/C18H12BrF3N2O3/c19-13-5-3-11(16(8-13)27-18(20,21)22)9-24-17(25)12-4-6-14(23-10-12)15-2-1-7-26-15/h1-8,10H,9H2,(H,24,25). The molecule has 0 saturated heterocycles. The van der Waals surface area contributed by atoms with E-state index in [1.165, 1.54) is 24.6 Å². The largest absolute Gasteiger partial charge is 0.573 e. The van der Waals surface area contributed by atoms with Crippen LogP contribution in [0.5, 0.6) is 5.75 Å². The zero-order chi connectivity index (χ0) is 19.4. The van der Waals surface area contributed by atoms with Gasteiger partial charge in [-0.3, -0.25) is 9.78 Å². The highest BCUT2D eigenvalue weighted by Crippen LogP contribution is 2.29. The van der Waals surface area contributed by atoms with Crippen LogP contribution < -0.4 is 10.1 Å². The number of amides is 1. The molecule has 0 bridgehead atoms. The topological polar surface area (TPSA) is 64.4 Å². The third-order valence-corrected chi connectivity index (χ3v) is 3.99. The Balaban J connectivity index is 1.69. The Labute approximate surface area is 160 Å². The van der Waals surface area contributed by atoms with Crippen LogP contribution in [0, 0.1) is 0 Å². The fourth-order valence-electron chi connectivity index (χ4n) is 2.27. The van der Waals surface area contributed by atoms with Gasteiger partial charge in [0.25, 0.3) is 5.91 Å². The van der Waals surface area contributed by atoms with Crippen LogP contribution in [0.3, 0.4) is 0 Å². The molecule has 27 heavy (non-hydrogen) atoms. The lowest BCUT2D eigenvalue weighted by Gasteiger charge is -2.14. The Hall–Kier alpha value is -2.81. The van der Waals surface area contributed by atoms with Crippen molar-refractivity contribution in [3.8, 4) is 17.2 Å². The zero-order valence-electron chi connectivity index (χ0n) is 13.6. The van der Waals surface area contributed by atoms with Crippen molar-refractivity contribution in [2.75, 3.05) is 0 Å². The Morgan fingerprint density at radius 1 is 1.22 bits per heavy atom. The normalized spacial score (nSPS) is 11.3. The van der Waals surface area contributed by atoms with E-state index >= 15 is 0 Å². The van der Waals surface area contributed by atoms with Gasteiger partial charge in [0.2, 0.25) is 0 Å². The lowest BCUT2D eigenvalue weighted by atomic mass is 10.2. The summed E-state index contributed by atoms with van der Waals surface area (Å²) in [7, 11) is 0. The van der Waals surface area contributed by atoms with Gasteiger partial charge < -0.3 is 14.5 Å². The van der Waals surface area contributed by atoms with Gasteiger partial charge >= 0.3 is 6.36 Å². The summed E-state index contributed by atoms with van der Waals surface area (Å²) in [6.07, 6.45) is -1.95. The summed E-state index contributed by atoms with van der Waals surface area (Å²) in [5.41, 5.74) is 1.01. The predicted octanol–water partition coefficient (Wildman–Crippen LogP) is 4.93. The molecular weight excluding hydrogens is 429 g/mol. The monoisotopic (exact) mass is 440 g/mol. The van der Waals surface area contributed by atoms with E-state index in [-0.39, 0.29) is 23.4 Å². The smallest absolute Gasteiger partial charge is 0.463 e. The van der Waals surface area contributed by atoms with E-state index in [2.05, 4.69) is 31.0 Å². The number of pyridine rings is 1. The van der Waals surface area contributed by atoms with Crippen LogP contribution in [0.2, 0.25) is 0 Å². The van der Waals surface area contributed by atoms with Crippen LogP contribution in [-0.4, -0.2) is 17.3 Å². The zero-order valence-corrected chi connectivity index (χ0v) is 15.2. The number of hydrogen-bond acceptors (Lipinski definition) is 4. The van der Waals surface area contributed by atoms with Gasteiger partial charge in [0, 0.05) is 22.8 Å². The number of hydrogen-bond donors (Lipinski definition) is 1. The SMILES string of the molecule is O=C(NCc1ccc(Br)cc1OC(F)(F)F)c1ccc(-c2ccco2)nc1. The highest BCUT2D eigenvalue weighted by atomic mass is 79.9. The summed E-state index contributed by atoms with van der Waals surface area (Å²) in [5.74, 6) is -0.302. The van der Waals surface area contributed by atoms with E-state index in [0.29, 0.717) is 15.9 Å². The third-order valence-electron chi connectivity index (χ3n) is 3.49. The molecule has 0 radical (unpaired) electrons. The van der Waals surface area contributed by atoms with Crippen LogP contribution in [0.1, 0.15) is 15.9 Å². The van der Waals surface area contributed by atoms with Crippen molar-refractivity contribution in [1.82, 2.24) is 10.3 Å². The van der Waals surface area contributed by atoms with Crippen molar-refractivity contribution in [3.63, 3.8) is 0 Å². The lowest BCUT2D eigenvalue weighted by molar-refractivity contribution is -0.274. The summed E-state index contributed by atoms with van der Waals surface area (Å²) < 4.78 is 47.2. The van der Waals surface area contributed by atoms with E-state index in [0.717, 1.165) is 0 Å². The molecule has 0 aliphatic carbocycles. The number of carbonyl (C=O) groups excluding carboxylic acids is 1. The second-order valence-electron chi connectivity index (χ2n) is 5.39. The number of benzene rings is 1. The first-order chi connectivity index (χ1) is 12.8. The maximum atomic E-state index is 12.5. The molecule has 1 amide bonds. The Bertz CT molecular complexity index is 926. The van der Waals surface area contributed by atoms with Gasteiger partial charge in [-0.25, -0.2) is 0 Å². The van der Waals surface area contributed by atoms with Crippen molar-refractivity contribution in [2.45, 2.75) is 12.9 Å². The second-order valence-corrected chi connectivity index (χ2v) is 6.31. The van der Waals surface area contributed by atoms with Crippen LogP contribution in [0.15, 0.2) is 63.8 Å². The highest BCUT2D eigenvalue weighted by Gasteiger charge is 2.32. The molecule has 0 aliphatic heterocycles. The molecular formula is C18H12BrF3N2O3. The Morgan fingerprint density at radius 2 is 2.04 bits per heavy atom. The molecule has 1 N–H and O–H groups in total. The van der Waals surface area contributed by atoms with Crippen LogP contribution in [0.25, 0.3) is 11.5 Å². The number of nitrogens with zero attached hydrogens (tertiary/aromatic N) is 1. The molecule has 0 saturated carbocycles. The van der Waals surface area contributed by atoms with Crippen LogP contribution >= 0.6 is 15.9 Å². The molecule has 3 rings (SSSR count). The van der Waals surface area contributed by atoms with Gasteiger partial charge in [0.15, 0.2) is 5.76 Å². The number of alkyl halides is 3. The first kappa shape index (κ1) is 19.0. The summed E-state index contributed by atoms with van der Waals surface area (Å²) in [6.45, 7) is -0.141. The predicted molar refractivity (Wildman–Crippen MR) is 93.9 cm³/mol. The minimum absolute atomic E-state index is 0.141. The maximum absolute atomic E-state index is 12.5. The van der Waals surface area contributed by atoms with E-state index in [4.69, 9.17) is 4.42 Å². The number of furan rings is 1. The maximum Gasteiger partial charge on any atom is 0.573 e. The van der Waals surface area contributed by atoms with Crippen molar-refractivity contribution in [2.24, 2.45) is 0 Å². The molecule has 0 spiro atoms. The summed E-state index contributed by atoms with van der Waals surface area (Å²) >= 11 is 3.09. The van der Waals surface area contributed by atoms with Crippen molar-refractivity contribution in [3.05, 3.63) is 70.5 Å². The van der Waals surface area contributed by atoms with Gasteiger partial charge in [-0.1, -0.05) is 22.0 Å². The van der Waals surface area contributed by atoms with Gasteiger partial charge in [0.1, 0.15) is 11.4 Å². The molecule has 1 aromatic carbocycles. The Morgan fingerprint density at radius 3 is 2.67 bits per heavy atom. The number of rotatable bonds is 5. The summed E-state index contributed by atoms with van der Waals surface area (Å²) in [4.78, 5) is 16.4. The van der Waals surface area contributed by atoms with E-state index in [1.54, 1.807) is 30.3 Å². The van der Waals surface area contributed by atoms with Crippen LogP contribution in [-0.2, 0) is 6.54 Å². The first-order valence-electron chi connectivity index (χ1n) is 7.64. The number of aromatic nitrogens is 1. The molecule has 0 unspecified atom stereocenters.